The molecule has 1 atom stereocenters. The third kappa shape index (κ3) is 2.93. The van der Waals surface area contributed by atoms with E-state index in [4.69, 9.17) is 5.11 Å². The molecule has 1 unspecified atom stereocenters. The van der Waals surface area contributed by atoms with Crippen LogP contribution in [0.5, 0.6) is 0 Å². The van der Waals surface area contributed by atoms with Gasteiger partial charge in [0.05, 0.1) is 11.6 Å². The number of carboxylic acid groups (broad SMARTS) is 1. The summed E-state index contributed by atoms with van der Waals surface area (Å²) >= 11 is 1.09. The molecule has 2 rings (SSSR count). The Morgan fingerprint density at radius 1 is 1.53 bits per heavy atom. The molecule has 6 nitrogen and oxygen atoms in total. The topological polar surface area (TPSA) is 95.5 Å². The van der Waals surface area contributed by atoms with E-state index in [1.165, 1.54) is 0 Å². The van der Waals surface area contributed by atoms with Crippen molar-refractivity contribution < 1.29 is 19.5 Å². The summed E-state index contributed by atoms with van der Waals surface area (Å²) < 4.78 is 0. The van der Waals surface area contributed by atoms with Crippen molar-refractivity contribution in [2.75, 3.05) is 11.9 Å². The Balaban J connectivity index is 2.09. The van der Waals surface area contributed by atoms with E-state index in [1.54, 1.807) is 12.3 Å². The molecule has 1 fully saturated rings. The van der Waals surface area contributed by atoms with Gasteiger partial charge in [-0.3, -0.25) is 9.59 Å². The van der Waals surface area contributed by atoms with Crippen LogP contribution in [0.15, 0.2) is 5.38 Å². The normalized spacial score (nSPS) is 18.8. The Morgan fingerprint density at radius 3 is 2.84 bits per heavy atom. The summed E-state index contributed by atoms with van der Waals surface area (Å²) in [5, 5.41) is 16.0. The average Bonchev–Trinajstić information content (AvgIpc) is 2.72. The second-order valence-electron chi connectivity index (χ2n) is 4.46. The number of anilines is 1. The maximum atomic E-state index is 12.0. The number of carbonyl (C=O) groups is 3. The molecule has 2 amide bonds. The van der Waals surface area contributed by atoms with E-state index in [-0.39, 0.29) is 22.6 Å². The number of rotatable bonds is 3. The lowest BCUT2D eigenvalue weighted by molar-refractivity contribution is -0.126. The Hall–Kier alpha value is -1.89. The summed E-state index contributed by atoms with van der Waals surface area (Å²) in [5.41, 5.74) is 1.09. The maximum Gasteiger partial charge on any atom is 0.348 e. The van der Waals surface area contributed by atoms with Crippen molar-refractivity contribution in [2.45, 2.75) is 19.8 Å². The molecule has 0 radical (unpaired) electrons. The van der Waals surface area contributed by atoms with Crippen LogP contribution < -0.4 is 10.6 Å². The summed E-state index contributed by atoms with van der Waals surface area (Å²) in [6, 6.07) is 0. The van der Waals surface area contributed by atoms with Gasteiger partial charge in [-0.2, -0.15) is 0 Å². The molecule has 2 heterocycles. The van der Waals surface area contributed by atoms with E-state index in [2.05, 4.69) is 10.6 Å². The molecule has 1 aliphatic heterocycles. The zero-order valence-electron chi connectivity index (χ0n) is 10.4. The van der Waals surface area contributed by atoms with Crippen molar-refractivity contribution in [3.63, 3.8) is 0 Å². The highest BCUT2D eigenvalue weighted by molar-refractivity contribution is 7.12. The average molecular weight is 282 g/mol. The van der Waals surface area contributed by atoms with Crippen LogP contribution in [0.2, 0.25) is 0 Å². The number of aryl methyl sites for hydroxylation is 1. The lowest BCUT2D eigenvalue weighted by Gasteiger charge is -2.21. The second kappa shape index (κ2) is 5.40. The van der Waals surface area contributed by atoms with Crippen LogP contribution in [0.25, 0.3) is 0 Å². The van der Waals surface area contributed by atoms with Crippen LogP contribution in [0.4, 0.5) is 5.69 Å². The Labute approximate surface area is 113 Å². The van der Waals surface area contributed by atoms with Crippen molar-refractivity contribution in [2.24, 2.45) is 5.92 Å². The van der Waals surface area contributed by atoms with Crippen LogP contribution in [0.1, 0.15) is 28.1 Å². The van der Waals surface area contributed by atoms with E-state index in [9.17, 15) is 14.4 Å². The molecular weight excluding hydrogens is 268 g/mol. The van der Waals surface area contributed by atoms with Gasteiger partial charge < -0.3 is 15.7 Å². The van der Waals surface area contributed by atoms with E-state index >= 15 is 0 Å². The van der Waals surface area contributed by atoms with E-state index in [1.807, 2.05) is 0 Å². The lowest BCUT2D eigenvalue weighted by atomic mass is 9.98. The Kier molecular flexibility index (Phi) is 3.84. The van der Waals surface area contributed by atoms with E-state index in [0.717, 1.165) is 16.9 Å². The smallest absolute Gasteiger partial charge is 0.348 e. The van der Waals surface area contributed by atoms with Gasteiger partial charge in [0.15, 0.2) is 0 Å². The fourth-order valence-electron chi connectivity index (χ4n) is 1.94. The number of hydrogen-bond donors (Lipinski definition) is 3. The van der Waals surface area contributed by atoms with Gasteiger partial charge in [-0.25, -0.2) is 4.79 Å². The van der Waals surface area contributed by atoms with Crippen molar-refractivity contribution in [3.8, 4) is 0 Å². The van der Waals surface area contributed by atoms with Gasteiger partial charge in [-0.15, -0.1) is 11.3 Å². The summed E-state index contributed by atoms with van der Waals surface area (Å²) in [6.07, 6.45) is 0.815. The highest BCUT2D eigenvalue weighted by atomic mass is 32.1. The Morgan fingerprint density at radius 2 is 2.26 bits per heavy atom. The first-order valence-corrected chi connectivity index (χ1v) is 6.76. The molecule has 0 spiro atoms. The minimum Gasteiger partial charge on any atom is -0.477 e. The van der Waals surface area contributed by atoms with Gasteiger partial charge in [0.25, 0.3) is 0 Å². The summed E-state index contributed by atoms with van der Waals surface area (Å²) in [6.45, 7) is 2.05. The summed E-state index contributed by atoms with van der Waals surface area (Å²) in [5.74, 6) is -1.66. The first-order chi connectivity index (χ1) is 8.99. The van der Waals surface area contributed by atoms with Crippen LogP contribution in [-0.4, -0.2) is 29.4 Å². The highest BCUT2D eigenvalue weighted by Gasteiger charge is 2.26. The minimum atomic E-state index is -1.05. The molecule has 102 valence electrons. The molecule has 0 bridgehead atoms. The van der Waals surface area contributed by atoms with Gasteiger partial charge in [-0.05, 0) is 24.3 Å². The number of carbonyl (C=O) groups excluding carboxylic acids is 2. The van der Waals surface area contributed by atoms with E-state index < -0.39 is 5.97 Å². The van der Waals surface area contributed by atoms with Gasteiger partial charge >= 0.3 is 5.97 Å². The number of thiophene rings is 1. The van der Waals surface area contributed by atoms with Crippen LogP contribution in [-0.2, 0) is 9.59 Å². The molecule has 19 heavy (non-hydrogen) atoms. The first-order valence-electron chi connectivity index (χ1n) is 5.88. The fraction of sp³-hybridized carbons (Fsp3) is 0.417. The van der Waals surface area contributed by atoms with Gasteiger partial charge in [0.2, 0.25) is 11.8 Å². The number of carboxylic acids is 1. The van der Waals surface area contributed by atoms with Crippen LogP contribution in [0, 0.1) is 12.8 Å². The highest BCUT2D eigenvalue weighted by Crippen LogP contribution is 2.28. The molecule has 0 saturated carbocycles. The molecule has 1 aromatic rings. The standard InChI is InChI=1S/C12H14N2O4S/c1-6-5-19-10(12(17)18)9(6)14-11(16)7-2-3-8(15)13-4-7/h5,7H,2-4H2,1H3,(H,13,15)(H,14,16)(H,17,18). The molecule has 1 aromatic heterocycles. The third-order valence-corrected chi connectivity index (χ3v) is 4.14. The first kappa shape index (κ1) is 13.5. The minimum absolute atomic E-state index is 0.0537. The number of hydrogen-bond acceptors (Lipinski definition) is 4. The number of nitrogens with one attached hydrogen (secondary N) is 2. The Bertz CT molecular complexity index is 528. The number of amides is 2. The van der Waals surface area contributed by atoms with Gasteiger partial charge in [-0.1, -0.05) is 0 Å². The maximum absolute atomic E-state index is 12.0. The van der Waals surface area contributed by atoms with Crippen molar-refractivity contribution >= 4 is 34.8 Å². The monoisotopic (exact) mass is 282 g/mol. The summed E-state index contributed by atoms with van der Waals surface area (Å²) in [4.78, 5) is 34.2. The molecule has 0 aliphatic carbocycles. The molecule has 1 saturated heterocycles. The molecular formula is C12H14N2O4S. The van der Waals surface area contributed by atoms with Gasteiger partial charge in [0, 0.05) is 13.0 Å². The molecule has 1 aliphatic rings. The van der Waals surface area contributed by atoms with Crippen molar-refractivity contribution in [1.29, 1.82) is 0 Å². The number of aromatic carboxylic acids is 1. The SMILES string of the molecule is Cc1csc(C(=O)O)c1NC(=O)C1CCC(=O)NC1. The van der Waals surface area contributed by atoms with Crippen LogP contribution >= 0.6 is 11.3 Å². The predicted molar refractivity (Wildman–Crippen MR) is 70.4 cm³/mol. The molecule has 0 aromatic carbocycles. The van der Waals surface area contributed by atoms with Crippen LogP contribution in [0.3, 0.4) is 0 Å². The zero-order chi connectivity index (χ0) is 14.0. The largest absolute Gasteiger partial charge is 0.477 e. The predicted octanol–water partition coefficient (Wildman–Crippen LogP) is 1.22. The van der Waals surface area contributed by atoms with Crippen molar-refractivity contribution in [1.82, 2.24) is 5.32 Å². The molecule has 3 N–H and O–H groups in total. The quantitative estimate of drug-likeness (QED) is 0.776. The van der Waals surface area contributed by atoms with E-state index in [0.29, 0.717) is 25.1 Å². The third-order valence-electron chi connectivity index (χ3n) is 3.05. The molecule has 7 heteroatoms. The summed E-state index contributed by atoms with van der Waals surface area (Å²) in [7, 11) is 0. The van der Waals surface area contributed by atoms with Crippen molar-refractivity contribution in [3.05, 3.63) is 15.8 Å². The van der Waals surface area contributed by atoms with Gasteiger partial charge in [0.1, 0.15) is 4.88 Å². The second-order valence-corrected chi connectivity index (χ2v) is 5.34. The number of piperidine rings is 1. The zero-order valence-corrected chi connectivity index (χ0v) is 11.2. The fourth-order valence-corrected chi connectivity index (χ4v) is 2.78. The lowest BCUT2D eigenvalue weighted by Crippen LogP contribution is -2.40.